The third-order valence-electron chi connectivity index (χ3n) is 2.64. The largest absolute Gasteiger partial charge is 0.465 e. The summed E-state index contributed by atoms with van der Waals surface area (Å²) in [6.45, 7) is 1.87. The standard InChI is InChI=1S/C14H14N4O3/c1-2-21-14(20)12(8-17-18-9-15-16-10-18)13(19)11-6-4-3-5-7-11/h3-10,12H,2H2,1H3/b17-8-/t12-/m0/s1. The summed E-state index contributed by atoms with van der Waals surface area (Å²) in [6, 6.07) is 8.53. The summed E-state index contributed by atoms with van der Waals surface area (Å²) < 4.78 is 6.22. The van der Waals surface area contributed by atoms with Crippen molar-refractivity contribution in [1.29, 1.82) is 0 Å². The van der Waals surface area contributed by atoms with Crippen molar-refractivity contribution >= 4 is 18.0 Å². The van der Waals surface area contributed by atoms with E-state index in [9.17, 15) is 9.59 Å². The van der Waals surface area contributed by atoms with Crippen molar-refractivity contribution in [3.8, 4) is 0 Å². The van der Waals surface area contributed by atoms with Gasteiger partial charge in [0.25, 0.3) is 0 Å². The van der Waals surface area contributed by atoms with E-state index in [4.69, 9.17) is 4.74 Å². The second-order valence-electron chi connectivity index (χ2n) is 4.07. The molecule has 21 heavy (non-hydrogen) atoms. The van der Waals surface area contributed by atoms with Crippen LogP contribution in [-0.4, -0.2) is 39.4 Å². The van der Waals surface area contributed by atoms with Crippen molar-refractivity contribution in [3.63, 3.8) is 0 Å². The number of hydrogen-bond donors (Lipinski definition) is 0. The van der Waals surface area contributed by atoms with Crippen molar-refractivity contribution < 1.29 is 14.3 Å². The fraction of sp³-hybridized carbons (Fsp3) is 0.214. The number of nitrogens with zero attached hydrogens (tertiary/aromatic N) is 4. The Morgan fingerprint density at radius 3 is 2.57 bits per heavy atom. The Bertz CT molecular complexity index is 623. The van der Waals surface area contributed by atoms with Gasteiger partial charge in [-0.2, -0.15) is 5.10 Å². The molecule has 0 saturated carbocycles. The molecule has 0 saturated heterocycles. The molecule has 0 bridgehead atoms. The van der Waals surface area contributed by atoms with Gasteiger partial charge in [-0.25, -0.2) is 4.68 Å². The van der Waals surface area contributed by atoms with E-state index in [-0.39, 0.29) is 12.4 Å². The van der Waals surface area contributed by atoms with Crippen molar-refractivity contribution in [2.45, 2.75) is 6.92 Å². The highest BCUT2D eigenvalue weighted by molar-refractivity contribution is 6.18. The number of rotatable bonds is 6. The smallest absolute Gasteiger partial charge is 0.322 e. The van der Waals surface area contributed by atoms with E-state index in [2.05, 4.69) is 15.3 Å². The Morgan fingerprint density at radius 2 is 1.95 bits per heavy atom. The predicted octanol–water partition coefficient (Wildman–Crippen LogP) is 1.17. The van der Waals surface area contributed by atoms with Crippen LogP contribution >= 0.6 is 0 Å². The van der Waals surface area contributed by atoms with Gasteiger partial charge in [-0.05, 0) is 6.92 Å². The lowest BCUT2D eigenvalue weighted by Crippen LogP contribution is -2.28. The molecule has 0 aliphatic carbocycles. The molecule has 0 unspecified atom stereocenters. The average Bonchev–Trinajstić information content (AvgIpc) is 3.02. The number of ether oxygens (including phenoxy) is 1. The highest BCUT2D eigenvalue weighted by Gasteiger charge is 2.27. The van der Waals surface area contributed by atoms with Crippen LogP contribution in [0.4, 0.5) is 0 Å². The van der Waals surface area contributed by atoms with Crippen LogP contribution in [0.1, 0.15) is 17.3 Å². The van der Waals surface area contributed by atoms with E-state index < -0.39 is 11.9 Å². The first-order chi connectivity index (χ1) is 10.2. The molecule has 0 N–H and O–H groups in total. The van der Waals surface area contributed by atoms with Crippen LogP contribution in [-0.2, 0) is 9.53 Å². The fourth-order valence-corrected chi connectivity index (χ4v) is 1.65. The lowest BCUT2D eigenvalue weighted by atomic mass is 9.99. The quantitative estimate of drug-likeness (QED) is 0.344. The average molecular weight is 286 g/mol. The lowest BCUT2D eigenvalue weighted by Gasteiger charge is -2.10. The third-order valence-corrected chi connectivity index (χ3v) is 2.64. The summed E-state index contributed by atoms with van der Waals surface area (Å²) >= 11 is 0. The highest BCUT2D eigenvalue weighted by Crippen LogP contribution is 2.10. The van der Waals surface area contributed by atoms with Crippen molar-refractivity contribution in [1.82, 2.24) is 14.9 Å². The van der Waals surface area contributed by atoms with Gasteiger partial charge in [0.1, 0.15) is 12.7 Å². The van der Waals surface area contributed by atoms with Crippen LogP contribution in [0.25, 0.3) is 0 Å². The molecule has 0 radical (unpaired) electrons. The van der Waals surface area contributed by atoms with Crippen molar-refractivity contribution in [2.75, 3.05) is 6.61 Å². The predicted molar refractivity (Wildman–Crippen MR) is 74.8 cm³/mol. The molecule has 1 atom stereocenters. The van der Waals surface area contributed by atoms with E-state index in [1.54, 1.807) is 37.3 Å². The van der Waals surface area contributed by atoms with Crippen LogP contribution in [0.5, 0.6) is 0 Å². The molecule has 2 aromatic rings. The van der Waals surface area contributed by atoms with Gasteiger partial charge in [-0.3, -0.25) is 9.59 Å². The number of benzene rings is 1. The minimum absolute atomic E-state index is 0.192. The minimum Gasteiger partial charge on any atom is -0.465 e. The molecule has 7 heteroatoms. The minimum atomic E-state index is -1.10. The van der Waals surface area contributed by atoms with Gasteiger partial charge >= 0.3 is 5.97 Å². The maximum absolute atomic E-state index is 12.4. The maximum atomic E-state index is 12.4. The lowest BCUT2D eigenvalue weighted by molar-refractivity contribution is -0.143. The molecule has 7 nitrogen and oxygen atoms in total. The summed E-state index contributed by atoms with van der Waals surface area (Å²) in [5.41, 5.74) is 0.422. The molecule has 0 aliphatic rings. The second-order valence-corrected chi connectivity index (χ2v) is 4.07. The molecule has 0 amide bonds. The summed E-state index contributed by atoms with van der Waals surface area (Å²) in [7, 11) is 0. The molecule has 1 aromatic carbocycles. The zero-order valence-electron chi connectivity index (χ0n) is 11.4. The van der Waals surface area contributed by atoms with E-state index in [1.807, 2.05) is 0 Å². The molecular formula is C14H14N4O3. The van der Waals surface area contributed by atoms with Gasteiger partial charge in [-0.15, -0.1) is 10.2 Å². The molecule has 2 rings (SSSR count). The summed E-state index contributed by atoms with van der Waals surface area (Å²) in [4.78, 5) is 24.3. The first-order valence-corrected chi connectivity index (χ1v) is 6.37. The Hall–Kier alpha value is -2.83. The van der Waals surface area contributed by atoms with Gasteiger partial charge < -0.3 is 4.74 Å². The third kappa shape index (κ3) is 3.82. The number of esters is 1. The molecule has 0 spiro atoms. The summed E-state index contributed by atoms with van der Waals surface area (Å²) in [5, 5.41) is 11.1. The van der Waals surface area contributed by atoms with Gasteiger partial charge in [0.15, 0.2) is 11.7 Å². The van der Waals surface area contributed by atoms with E-state index in [0.29, 0.717) is 5.56 Å². The normalized spacial score (nSPS) is 12.2. The van der Waals surface area contributed by atoms with E-state index in [0.717, 1.165) is 0 Å². The number of carbonyl (C=O) groups is 2. The Balaban J connectivity index is 2.23. The topological polar surface area (TPSA) is 86.4 Å². The molecular weight excluding hydrogens is 272 g/mol. The van der Waals surface area contributed by atoms with Gasteiger partial charge in [0, 0.05) is 11.8 Å². The van der Waals surface area contributed by atoms with Crippen LogP contribution in [0, 0.1) is 5.92 Å². The van der Waals surface area contributed by atoms with Crippen LogP contribution in [0.3, 0.4) is 0 Å². The Labute approximate surface area is 121 Å². The monoisotopic (exact) mass is 286 g/mol. The van der Waals surface area contributed by atoms with Crippen molar-refractivity contribution in [2.24, 2.45) is 11.0 Å². The maximum Gasteiger partial charge on any atom is 0.322 e. The first-order valence-electron chi connectivity index (χ1n) is 6.37. The molecule has 1 heterocycles. The molecule has 0 aliphatic heterocycles. The SMILES string of the molecule is CCOC(=O)[C@@H](/C=N\n1cnnc1)C(=O)c1ccccc1. The zero-order valence-corrected chi connectivity index (χ0v) is 11.4. The molecule has 0 fully saturated rings. The highest BCUT2D eigenvalue weighted by atomic mass is 16.5. The number of Topliss-reactive ketones (excluding diaryl/α,β-unsaturated/α-hetero) is 1. The van der Waals surface area contributed by atoms with Crippen LogP contribution < -0.4 is 0 Å². The number of ketones is 1. The first kappa shape index (κ1) is 14.6. The fourth-order valence-electron chi connectivity index (χ4n) is 1.65. The number of carbonyl (C=O) groups excluding carboxylic acids is 2. The van der Waals surface area contributed by atoms with Crippen LogP contribution in [0.2, 0.25) is 0 Å². The summed E-state index contributed by atoms with van der Waals surface area (Å²) in [6.07, 6.45) is 3.94. The van der Waals surface area contributed by atoms with E-state index >= 15 is 0 Å². The van der Waals surface area contributed by atoms with Crippen molar-refractivity contribution in [3.05, 3.63) is 48.5 Å². The van der Waals surface area contributed by atoms with Gasteiger partial charge in [0.05, 0.1) is 6.61 Å². The number of aromatic nitrogens is 3. The second kappa shape index (κ2) is 7.09. The Morgan fingerprint density at radius 1 is 1.29 bits per heavy atom. The van der Waals surface area contributed by atoms with Gasteiger partial charge in [0.2, 0.25) is 0 Å². The van der Waals surface area contributed by atoms with Crippen LogP contribution in [0.15, 0.2) is 48.1 Å². The van der Waals surface area contributed by atoms with Gasteiger partial charge in [-0.1, -0.05) is 30.3 Å². The molecule has 1 aromatic heterocycles. The molecule has 108 valence electrons. The zero-order chi connectivity index (χ0) is 15.1. The summed E-state index contributed by atoms with van der Waals surface area (Å²) in [5.74, 6) is -2.11. The number of hydrogen-bond acceptors (Lipinski definition) is 6. The Kier molecular flexibility index (Phi) is 4.92. The van der Waals surface area contributed by atoms with E-state index in [1.165, 1.54) is 23.5 Å².